The van der Waals surface area contributed by atoms with Gasteiger partial charge in [0.2, 0.25) is 5.75 Å². The molecule has 1 aromatic rings. The molecule has 1 rings (SSSR count). The zero-order valence-electron chi connectivity index (χ0n) is 11.3. The molecule has 0 aliphatic carbocycles. The number of methoxy groups -OCH3 is 1. The molecular formula is C12H22N4O2. The van der Waals surface area contributed by atoms with E-state index in [1.165, 1.54) is 6.33 Å². The lowest BCUT2D eigenvalue weighted by Gasteiger charge is -2.24. The maximum absolute atomic E-state index is 9.15. The number of ether oxygens (including phenoxy) is 1. The fourth-order valence-electron chi connectivity index (χ4n) is 1.75. The Morgan fingerprint density at radius 3 is 2.72 bits per heavy atom. The van der Waals surface area contributed by atoms with E-state index in [0.29, 0.717) is 18.1 Å². The lowest BCUT2D eigenvalue weighted by Crippen LogP contribution is -2.29. The molecule has 0 saturated carbocycles. The second kappa shape index (κ2) is 7.71. The molecular weight excluding hydrogens is 232 g/mol. The lowest BCUT2D eigenvalue weighted by molar-refractivity contribution is 0.300. The molecule has 6 heteroatoms. The first-order chi connectivity index (χ1) is 8.78. The third kappa shape index (κ3) is 3.46. The maximum atomic E-state index is 9.15. The number of rotatable bonds is 8. The van der Waals surface area contributed by atoms with E-state index in [1.807, 2.05) is 4.90 Å². The summed E-state index contributed by atoms with van der Waals surface area (Å²) in [5, 5.41) is 12.1. The van der Waals surface area contributed by atoms with Crippen molar-refractivity contribution in [2.45, 2.75) is 19.8 Å². The number of nitrogens with one attached hydrogen (secondary N) is 1. The van der Waals surface area contributed by atoms with E-state index in [9.17, 15) is 0 Å². The summed E-state index contributed by atoms with van der Waals surface area (Å²) in [6.45, 7) is 3.60. The maximum Gasteiger partial charge on any atom is 0.204 e. The van der Waals surface area contributed by atoms with Gasteiger partial charge in [-0.15, -0.1) is 0 Å². The molecule has 0 radical (unpaired) electrons. The Hall–Kier alpha value is -1.56. The predicted molar refractivity (Wildman–Crippen MR) is 72.3 cm³/mol. The van der Waals surface area contributed by atoms with Gasteiger partial charge in [0.1, 0.15) is 6.33 Å². The summed E-state index contributed by atoms with van der Waals surface area (Å²) >= 11 is 0. The molecule has 1 aromatic heterocycles. The van der Waals surface area contributed by atoms with Crippen LogP contribution in [-0.2, 0) is 0 Å². The Bertz CT molecular complexity index is 360. The summed E-state index contributed by atoms with van der Waals surface area (Å²) in [6, 6.07) is 0. The van der Waals surface area contributed by atoms with E-state index in [2.05, 4.69) is 22.2 Å². The minimum Gasteiger partial charge on any atom is -0.490 e. The van der Waals surface area contributed by atoms with Crippen LogP contribution in [-0.4, -0.2) is 48.9 Å². The number of aliphatic hydroxyl groups is 1. The predicted octanol–water partition coefficient (Wildman–Crippen LogP) is 1.13. The van der Waals surface area contributed by atoms with E-state index in [-0.39, 0.29) is 6.61 Å². The average Bonchev–Trinajstić information content (AvgIpc) is 2.42. The van der Waals surface area contributed by atoms with E-state index < -0.39 is 0 Å². The molecule has 0 aliphatic rings. The third-order valence-corrected chi connectivity index (χ3v) is 2.68. The number of aliphatic hydroxyl groups excluding tert-OH is 1. The molecule has 18 heavy (non-hydrogen) atoms. The molecule has 0 aliphatic heterocycles. The lowest BCUT2D eigenvalue weighted by atomic mass is 10.3. The largest absolute Gasteiger partial charge is 0.490 e. The van der Waals surface area contributed by atoms with E-state index in [0.717, 1.165) is 25.2 Å². The topological polar surface area (TPSA) is 70.5 Å². The molecule has 0 unspecified atom stereocenters. The van der Waals surface area contributed by atoms with Crippen molar-refractivity contribution in [2.24, 2.45) is 0 Å². The summed E-state index contributed by atoms with van der Waals surface area (Å²) in [5.41, 5.74) is 0. The number of aromatic nitrogens is 2. The Kier molecular flexibility index (Phi) is 6.21. The van der Waals surface area contributed by atoms with Crippen molar-refractivity contribution in [1.29, 1.82) is 0 Å². The average molecular weight is 254 g/mol. The van der Waals surface area contributed by atoms with Crippen LogP contribution in [0.4, 0.5) is 11.6 Å². The van der Waals surface area contributed by atoms with Gasteiger partial charge in [-0.2, -0.15) is 0 Å². The van der Waals surface area contributed by atoms with Crippen LogP contribution in [0.3, 0.4) is 0 Å². The van der Waals surface area contributed by atoms with Gasteiger partial charge in [-0.1, -0.05) is 13.3 Å². The van der Waals surface area contributed by atoms with Crippen molar-refractivity contribution < 1.29 is 9.84 Å². The second-order valence-electron chi connectivity index (χ2n) is 3.89. The van der Waals surface area contributed by atoms with Crippen LogP contribution in [0.15, 0.2) is 6.33 Å². The standard InChI is InChI=1S/C12H22N4O2/c1-4-5-6-16(7-8-17)12-10(18-3)11(13-2)14-9-15-12/h9,17H,4-8H2,1-3H3,(H,13,14,15). The normalized spacial score (nSPS) is 10.2. The van der Waals surface area contributed by atoms with Crippen molar-refractivity contribution in [3.8, 4) is 5.75 Å². The zero-order chi connectivity index (χ0) is 13.4. The first-order valence-electron chi connectivity index (χ1n) is 6.21. The monoisotopic (exact) mass is 254 g/mol. The van der Waals surface area contributed by atoms with Crippen molar-refractivity contribution in [1.82, 2.24) is 9.97 Å². The van der Waals surface area contributed by atoms with Gasteiger partial charge < -0.3 is 20.1 Å². The van der Waals surface area contributed by atoms with E-state index in [4.69, 9.17) is 9.84 Å². The molecule has 0 aromatic carbocycles. The highest BCUT2D eigenvalue weighted by Gasteiger charge is 2.16. The van der Waals surface area contributed by atoms with E-state index >= 15 is 0 Å². The van der Waals surface area contributed by atoms with Gasteiger partial charge in [0.15, 0.2) is 11.6 Å². The van der Waals surface area contributed by atoms with Crippen molar-refractivity contribution >= 4 is 11.6 Å². The highest BCUT2D eigenvalue weighted by atomic mass is 16.5. The summed E-state index contributed by atoms with van der Waals surface area (Å²) in [6.07, 6.45) is 3.64. The van der Waals surface area contributed by atoms with Crippen molar-refractivity contribution in [3.05, 3.63) is 6.33 Å². The molecule has 0 atom stereocenters. The van der Waals surface area contributed by atoms with Crippen molar-refractivity contribution in [2.75, 3.05) is 44.1 Å². The fourth-order valence-corrected chi connectivity index (χ4v) is 1.75. The van der Waals surface area contributed by atoms with E-state index in [1.54, 1.807) is 14.2 Å². The quantitative estimate of drug-likeness (QED) is 0.724. The molecule has 6 nitrogen and oxygen atoms in total. The van der Waals surface area contributed by atoms with Crippen LogP contribution in [0.25, 0.3) is 0 Å². The van der Waals surface area contributed by atoms with Crippen LogP contribution in [0.2, 0.25) is 0 Å². The highest BCUT2D eigenvalue weighted by molar-refractivity contribution is 5.64. The smallest absolute Gasteiger partial charge is 0.204 e. The van der Waals surface area contributed by atoms with Crippen LogP contribution in [0.5, 0.6) is 5.75 Å². The molecule has 0 spiro atoms. The summed E-state index contributed by atoms with van der Waals surface area (Å²) in [4.78, 5) is 10.4. The zero-order valence-corrected chi connectivity index (χ0v) is 11.3. The van der Waals surface area contributed by atoms with Crippen LogP contribution >= 0.6 is 0 Å². The Labute approximate surface area is 108 Å². The van der Waals surface area contributed by atoms with Gasteiger partial charge in [0.05, 0.1) is 13.7 Å². The Balaban J connectivity index is 3.01. The van der Waals surface area contributed by atoms with Crippen LogP contribution in [0.1, 0.15) is 19.8 Å². The summed E-state index contributed by atoms with van der Waals surface area (Å²) < 4.78 is 5.36. The minimum absolute atomic E-state index is 0.0890. The van der Waals surface area contributed by atoms with Gasteiger partial charge in [-0.25, -0.2) is 9.97 Å². The SMILES string of the molecule is CCCCN(CCO)c1ncnc(NC)c1OC. The van der Waals surface area contributed by atoms with Gasteiger partial charge in [-0.3, -0.25) is 0 Å². The Morgan fingerprint density at radius 1 is 1.39 bits per heavy atom. The fraction of sp³-hybridized carbons (Fsp3) is 0.667. The summed E-state index contributed by atoms with van der Waals surface area (Å²) in [7, 11) is 3.39. The number of nitrogens with zero attached hydrogens (tertiary/aromatic N) is 3. The molecule has 1 heterocycles. The highest BCUT2D eigenvalue weighted by Crippen LogP contribution is 2.31. The minimum atomic E-state index is 0.0890. The summed E-state index contributed by atoms with van der Waals surface area (Å²) in [5.74, 6) is 1.99. The molecule has 0 bridgehead atoms. The first-order valence-corrected chi connectivity index (χ1v) is 6.21. The number of anilines is 2. The molecule has 102 valence electrons. The Morgan fingerprint density at radius 2 is 2.17 bits per heavy atom. The molecule has 0 amide bonds. The number of unbranched alkanes of at least 4 members (excludes halogenated alkanes) is 1. The van der Waals surface area contributed by atoms with Gasteiger partial charge in [-0.05, 0) is 6.42 Å². The van der Waals surface area contributed by atoms with Crippen LogP contribution < -0.4 is 15.0 Å². The van der Waals surface area contributed by atoms with Crippen molar-refractivity contribution in [3.63, 3.8) is 0 Å². The van der Waals surface area contributed by atoms with Gasteiger partial charge in [0.25, 0.3) is 0 Å². The number of hydrogen-bond donors (Lipinski definition) is 2. The second-order valence-corrected chi connectivity index (χ2v) is 3.89. The first kappa shape index (κ1) is 14.5. The van der Waals surface area contributed by atoms with Gasteiger partial charge in [0, 0.05) is 20.1 Å². The van der Waals surface area contributed by atoms with Crippen LogP contribution in [0, 0.1) is 0 Å². The molecule has 0 fully saturated rings. The molecule has 2 N–H and O–H groups in total. The third-order valence-electron chi connectivity index (χ3n) is 2.68. The van der Waals surface area contributed by atoms with Gasteiger partial charge >= 0.3 is 0 Å². The molecule has 0 saturated heterocycles. The number of hydrogen-bond acceptors (Lipinski definition) is 6.